The third-order valence-electron chi connectivity index (χ3n) is 5.93. The minimum atomic E-state index is -0.652. The van der Waals surface area contributed by atoms with E-state index in [2.05, 4.69) is 5.32 Å². The van der Waals surface area contributed by atoms with E-state index in [-0.39, 0.29) is 31.6 Å². The van der Waals surface area contributed by atoms with Crippen LogP contribution >= 0.6 is 11.6 Å². The van der Waals surface area contributed by atoms with E-state index >= 15 is 0 Å². The van der Waals surface area contributed by atoms with Gasteiger partial charge in [-0.25, -0.2) is 0 Å². The number of halogens is 1. The largest absolute Gasteiger partial charge is 0.454 e. The highest BCUT2D eigenvalue weighted by atomic mass is 35.5. The molecule has 0 spiro atoms. The molecule has 0 bridgehead atoms. The molecule has 1 N–H and O–H groups in total. The van der Waals surface area contributed by atoms with Crippen molar-refractivity contribution in [3.63, 3.8) is 0 Å². The summed E-state index contributed by atoms with van der Waals surface area (Å²) in [7, 11) is 0. The van der Waals surface area contributed by atoms with Crippen molar-refractivity contribution in [2.75, 3.05) is 13.3 Å². The lowest BCUT2D eigenvalue weighted by atomic mass is 10.0. The summed E-state index contributed by atoms with van der Waals surface area (Å²) in [6, 6.07) is 22.2. The average Bonchev–Trinajstić information content (AvgIpc) is 3.33. The Balaban J connectivity index is 1.58. The summed E-state index contributed by atoms with van der Waals surface area (Å²) in [6.07, 6.45) is 1.20. The van der Waals surface area contributed by atoms with Gasteiger partial charge in [0.25, 0.3) is 0 Å². The molecule has 0 unspecified atom stereocenters. The number of rotatable bonds is 10. The Hall–Kier alpha value is -3.51. The summed E-state index contributed by atoms with van der Waals surface area (Å²) in [5, 5.41) is 3.50. The number of nitrogens with one attached hydrogen (secondary N) is 1. The zero-order valence-electron chi connectivity index (χ0n) is 19.7. The highest BCUT2D eigenvalue weighted by molar-refractivity contribution is 6.30. The van der Waals surface area contributed by atoms with Crippen LogP contribution in [0, 0.1) is 0 Å². The maximum atomic E-state index is 13.6. The number of benzene rings is 3. The number of carbonyl (C=O) groups is 2. The number of amides is 2. The van der Waals surface area contributed by atoms with Gasteiger partial charge in [-0.05, 0) is 54.3 Å². The topological polar surface area (TPSA) is 67.9 Å². The van der Waals surface area contributed by atoms with Crippen LogP contribution in [0.5, 0.6) is 11.5 Å². The van der Waals surface area contributed by atoms with Gasteiger partial charge in [0.2, 0.25) is 18.6 Å². The van der Waals surface area contributed by atoms with Gasteiger partial charge in [-0.15, -0.1) is 0 Å². The summed E-state index contributed by atoms with van der Waals surface area (Å²) in [6.45, 7) is 2.86. The normalized spacial score (nSPS) is 12.7. The number of likely N-dealkylation sites (N-methyl/N-ethyl adjacent to an activating group) is 1. The highest BCUT2D eigenvalue weighted by Crippen LogP contribution is 2.33. The van der Waals surface area contributed by atoms with Gasteiger partial charge < -0.3 is 19.7 Å². The lowest BCUT2D eigenvalue weighted by Crippen LogP contribution is -2.50. The smallest absolute Gasteiger partial charge is 0.243 e. The van der Waals surface area contributed by atoms with Crippen molar-refractivity contribution >= 4 is 23.4 Å². The number of nitrogens with zero attached hydrogens (tertiary/aromatic N) is 1. The van der Waals surface area contributed by atoms with Gasteiger partial charge in [0.1, 0.15) is 6.04 Å². The van der Waals surface area contributed by atoms with Gasteiger partial charge >= 0.3 is 0 Å². The molecule has 4 rings (SSSR count). The van der Waals surface area contributed by atoms with Crippen molar-refractivity contribution in [2.45, 2.75) is 38.8 Å². The first kappa shape index (κ1) is 24.6. The summed E-state index contributed by atoms with van der Waals surface area (Å²) in [5.74, 6) is 1.13. The summed E-state index contributed by atoms with van der Waals surface area (Å²) in [5.41, 5.74) is 2.84. The summed E-state index contributed by atoms with van der Waals surface area (Å²) < 4.78 is 10.8. The van der Waals surface area contributed by atoms with E-state index in [4.69, 9.17) is 21.1 Å². The first-order valence-electron chi connectivity index (χ1n) is 11.8. The van der Waals surface area contributed by atoms with E-state index in [1.165, 1.54) is 0 Å². The molecule has 0 aliphatic carbocycles. The Labute approximate surface area is 210 Å². The van der Waals surface area contributed by atoms with E-state index in [1.807, 2.05) is 73.7 Å². The molecule has 0 saturated heterocycles. The van der Waals surface area contributed by atoms with Crippen LogP contribution in [0.4, 0.5) is 0 Å². The number of hydrogen-bond acceptors (Lipinski definition) is 4. The quantitative estimate of drug-likeness (QED) is 0.442. The maximum absolute atomic E-state index is 13.6. The third kappa shape index (κ3) is 6.55. The van der Waals surface area contributed by atoms with Crippen molar-refractivity contribution in [3.05, 3.63) is 94.5 Å². The third-order valence-corrected chi connectivity index (χ3v) is 6.16. The van der Waals surface area contributed by atoms with Crippen LogP contribution in [0.1, 0.15) is 30.0 Å². The first-order chi connectivity index (χ1) is 17.0. The molecule has 0 fully saturated rings. The molecule has 1 heterocycles. The minimum Gasteiger partial charge on any atom is -0.454 e. The number of aryl methyl sites for hydroxylation is 1. The first-order valence-corrected chi connectivity index (χ1v) is 12.2. The molecule has 182 valence electrons. The van der Waals surface area contributed by atoms with Crippen LogP contribution in [-0.2, 0) is 29.0 Å². The van der Waals surface area contributed by atoms with Crippen molar-refractivity contribution in [1.82, 2.24) is 10.2 Å². The van der Waals surface area contributed by atoms with Crippen LogP contribution in [0.15, 0.2) is 72.8 Å². The van der Waals surface area contributed by atoms with Crippen molar-refractivity contribution in [1.29, 1.82) is 0 Å². The van der Waals surface area contributed by atoms with Crippen LogP contribution in [0.3, 0.4) is 0 Å². The number of hydrogen-bond donors (Lipinski definition) is 1. The zero-order chi connectivity index (χ0) is 24.6. The van der Waals surface area contributed by atoms with Gasteiger partial charge in [-0.1, -0.05) is 60.1 Å². The van der Waals surface area contributed by atoms with Gasteiger partial charge in [-0.3, -0.25) is 9.59 Å². The van der Waals surface area contributed by atoms with Crippen molar-refractivity contribution < 1.29 is 19.1 Å². The lowest BCUT2D eigenvalue weighted by molar-refractivity contribution is -0.141. The molecular weight excluding hydrogens is 464 g/mol. The molecule has 2 amide bonds. The lowest BCUT2D eigenvalue weighted by Gasteiger charge is -2.31. The number of ether oxygens (including phenoxy) is 2. The Kier molecular flexibility index (Phi) is 8.27. The fourth-order valence-corrected chi connectivity index (χ4v) is 4.38. The fraction of sp³-hybridized carbons (Fsp3) is 0.286. The van der Waals surface area contributed by atoms with Gasteiger partial charge in [0, 0.05) is 31.0 Å². The number of carbonyl (C=O) groups excluding carboxylic acids is 2. The second-order valence-electron chi connectivity index (χ2n) is 8.44. The Morgan fingerprint density at radius 3 is 2.49 bits per heavy atom. The SMILES string of the molecule is CCNC(=O)[C@H](Cc1ccccc1)N(Cc1cccc(Cl)c1)C(=O)CCc1ccc2c(c1)OCO2. The molecule has 0 saturated carbocycles. The van der Waals surface area contributed by atoms with Crippen LogP contribution in [-0.4, -0.2) is 36.1 Å². The predicted molar refractivity (Wildman–Crippen MR) is 136 cm³/mol. The van der Waals surface area contributed by atoms with Gasteiger partial charge in [-0.2, -0.15) is 0 Å². The molecule has 1 aliphatic rings. The predicted octanol–water partition coefficient (Wildman–Crippen LogP) is 4.78. The molecular formula is C28H29ClN2O4. The van der Waals surface area contributed by atoms with E-state index in [9.17, 15) is 9.59 Å². The number of fused-ring (bicyclic) bond motifs is 1. The Morgan fingerprint density at radius 2 is 1.71 bits per heavy atom. The zero-order valence-corrected chi connectivity index (χ0v) is 20.5. The molecule has 0 aromatic heterocycles. The van der Waals surface area contributed by atoms with Crippen LogP contribution in [0.2, 0.25) is 5.02 Å². The molecule has 7 heteroatoms. The van der Waals surface area contributed by atoms with Crippen LogP contribution < -0.4 is 14.8 Å². The molecule has 6 nitrogen and oxygen atoms in total. The van der Waals surface area contributed by atoms with E-state index in [0.717, 1.165) is 16.7 Å². The minimum absolute atomic E-state index is 0.102. The van der Waals surface area contributed by atoms with E-state index in [0.29, 0.717) is 35.9 Å². The highest BCUT2D eigenvalue weighted by Gasteiger charge is 2.30. The monoisotopic (exact) mass is 492 g/mol. The second-order valence-corrected chi connectivity index (χ2v) is 8.88. The van der Waals surface area contributed by atoms with Gasteiger partial charge in [0.05, 0.1) is 0 Å². The average molecular weight is 493 g/mol. The Bertz CT molecular complexity index is 1170. The summed E-state index contributed by atoms with van der Waals surface area (Å²) >= 11 is 6.21. The maximum Gasteiger partial charge on any atom is 0.243 e. The Morgan fingerprint density at radius 1 is 0.943 bits per heavy atom. The van der Waals surface area contributed by atoms with E-state index in [1.54, 1.807) is 11.0 Å². The summed E-state index contributed by atoms with van der Waals surface area (Å²) in [4.78, 5) is 28.5. The van der Waals surface area contributed by atoms with Gasteiger partial charge in [0.15, 0.2) is 11.5 Å². The fourth-order valence-electron chi connectivity index (χ4n) is 4.17. The second kappa shape index (κ2) is 11.8. The van der Waals surface area contributed by atoms with Crippen LogP contribution in [0.25, 0.3) is 0 Å². The molecule has 0 radical (unpaired) electrons. The van der Waals surface area contributed by atoms with E-state index < -0.39 is 6.04 Å². The molecule has 1 atom stereocenters. The molecule has 3 aromatic rings. The van der Waals surface area contributed by atoms with Crippen molar-refractivity contribution in [3.8, 4) is 11.5 Å². The molecule has 1 aliphatic heterocycles. The molecule has 3 aromatic carbocycles. The standard InChI is InChI=1S/C28H29ClN2O4/c1-2-30-28(33)24(16-20-7-4-3-5-8-20)31(18-22-9-6-10-23(29)15-22)27(32)14-12-21-11-13-25-26(17-21)35-19-34-25/h3-11,13,15,17,24H,2,12,14,16,18-19H2,1H3,(H,30,33)/t24-/m0/s1. The van der Waals surface area contributed by atoms with Crippen molar-refractivity contribution in [2.24, 2.45) is 0 Å². The molecule has 35 heavy (non-hydrogen) atoms.